The second-order valence-electron chi connectivity index (χ2n) is 2.58. The monoisotopic (exact) mass is 201 g/mol. The van der Waals surface area contributed by atoms with Crippen molar-refractivity contribution in [3.8, 4) is 0 Å². The van der Waals surface area contributed by atoms with Gasteiger partial charge >= 0.3 is 5.97 Å². The quantitative estimate of drug-likeness (QED) is 0.719. The minimum atomic E-state index is -0.896. The lowest BCUT2D eigenvalue weighted by molar-refractivity contribution is 0.0696. The Morgan fingerprint density at radius 1 is 1.54 bits per heavy atom. The summed E-state index contributed by atoms with van der Waals surface area (Å²) in [4.78, 5) is 10.7. The molecule has 0 amide bonds. The summed E-state index contributed by atoms with van der Waals surface area (Å²) in [5, 5.41) is 8.75. The highest BCUT2D eigenvalue weighted by molar-refractivity contribution is 5.89. The van der Waals surface area contributed by atoms with Gasteiger partial charge in [-0.15, -0.1) is 12.4 Å². The second kappa shape index (κ2) is 4.72. The van der Waals surface area contributed by atoms with Crippen LogP contribution in [0.3, 0.4) is 0 Å². The topological polar surface area (TPSA) is 63.3 Å². The summed E-state index contributed by atoms with van der Waals surface area (Å²) in [5.74, 6) is -0.896. The molecule has 0 aromatic heterocycles. The molecule has 0 bridgehead atoms. The average Bonchev–Trinajstić information content (AvgIpc) is 2.03. The van der Waals surface area contributed by atoms with Gasteiger partial charge in [0.15, 0.2) is 0 Å². The summed E-state index contributed by atoms with van der Waals surface area (Å²) in [7, 11) is 0. The fraction of sp³-hybridized carbons (Fsp3) is 0.222. The van der Waals surface area contributed by atoms with E-state index in [0.717, 1.165) is 5.56 Å². The van der Waals surface area contributed by atoms with Crippen LogP contribution < -0.4 is 5.73 Å². The summed E-state index contributed by atoms with van der Waals surface area (Å²) < 4.78 is 0. The van der Waals surface area contributed by atoms with E-state index in [1.54, 1.807) is 12.1 Å². The Bertz CT molecular complexity index is 312. The molecule has 0 saturated heterocycles. The van der Waals surface area contributed by atoms with Crippen LogP contribution in [-0.2, 0) is 6.42 Å². The lowest BCUT2D eigenvalue weighted by atomic mass is 10.0. The van der Waals surface area contributed by atoms with E-state index in [2.05, 4.69) is 0 Å². The number of nitrogen functional groups attached to an aromatic ring is 1. The van der Waals surface area contributed by atoms with Crippen molar-refractivity contribution in [3.05, 3.63) is 29.3 Å². The molecule has 4 heteroatoms. The smallest absolute Gasteiger partial charge is 0.335 e. The predicted octanol–water partition coefficient (Wildman–Crippen LogP) is 1.95. The fourth-order valence-corrected chi connectivity index (χ4v) is 1.11. The lowest BCUT2D eigenvalue weighted by Crippen LogP contribution is -2.02. The number of halogens is 1. The SMILES string of the molecule is CCc1cc(N)ccc1C(=O)O.Cl. The number of hydrogen-bond acceptors (Lipinski definition) is 2. The molecule has 0 heterocycles. The van der Waals surface area contributed by atoms with Crippen molar-refractivity contribution >= 4 is 24.1 Å². The molecule has 0 saturated carbocycles. The van der Waals surface area contributed by atoms with Crippen LogP contribution in [0.5, 0.6) is 0 Å². The third kappa shape index (κ3) is 2.63. The number of aromatic carboxylic acids is 1. The van der Waals surface area contributed by atoms with E-state index in [-0.39, 0.29) is 12.4 Å². The number of carbonyl (C=O) groups is 1. The van der Waals surface area contributed by atoms with Gasteiger partial charge in [0.1, 0.15) is 0 Å². The number of hydrogen-bond donors (Lipinski definition) is 2. The molecule has 3 nitrogen and oxygen atoms in total. The van der Waals surface area contributed by atoms with Gasteiger partial charge in [-0.25, -0.2) is 4.79 Å². The summed E-state index contributed by atoms with van der Waals surface area (Å²) in [6, 6.07) is 4.84. The van der Waals surface area contributed by atoms with Gasteiger partial charge in [-0.3, -0.25) is 0 Å². The van der Waals surface area contributed by atoms with E-state index in [1.807, 2.05) is 6.92 Å². The van der Waals surface area contributed by atoms with Crippen molar-refractivity contribution in [3.63, 3.8) is 0 Å². The minimum absolute atomic E-state index is 0. The first-order valence-electron chi connectivity index (χ1n) is 3.77. The number of benzene rings is 1. The maximum absolute atomic E-state index is 10.7. The van der Waals surface area contributed by atoms with Crippen LogP contribution in [0.2, 0.25) is 0 Å². The maximum atomic E-state index is 10.7. The Labute approximate surface area is 83.0 Å². The van der Waals surface area contributed by atoms with Gasteiger partial charge in [0.2, 0.25) is 0 Å². The van der Waals surface area contributed by atoms with Gasteiger partial charge < -0.3 is 10.8 Å². The molecular formula is C9H12ClNO2. The molecule has 72 valence electrons. The second-order valence-corrected chi connectivity index (χ2v) is 2.58. The Hall–Kier alpha value is -1.22. The molecule has 13 heavy (non-hydrogen) atoms. The first kappa shape index (κ1) is 11.8. The van der Waals surface area contributed by atoms with Crippen molar-refractivity contribution in [2.75, 3.05) is 5.73 Å². The number of anilines is 1. The zero-order valence-corrected chi connectivity index (χ0v) is 8.10. The highest BCUT2D eigenvalue weighted by Crippen LogP contribution is 2.13. The Kier molecular flexibility index (Phi) is 4.28. The first-order chi connectivity index (χ1) is 5.65. The Balaban J connectivity index is 0.00000144. The molecule has 1 aromatic rings. The van der Waals surface area contributed by atoms with Gasteiger partial charge in [-0.1, -0.05) is 6.92 Å². The van der Waals surface area contributed by atoms with Crippen molar-refractivity contribution in [2.45, 2.75) is 13.3 Å². The predicted molar refractivity (Wildman–Crippen MR) is 54.4 cm³/mol. The van der Waals surface area contributed by atoms with Gasteiger partial charge in [-0.05, 0) is 30.2 Å². The van der Waals surface area contributed by atoms with Crippen molar-refractivity contribution in [2.24, 2.45) is 0 Å². The Morgan fingerprint density at radius 2 is 2.15 bits per heavy atom. The normalized spacial score (nSPS) is 9.00. The molecule has 0 spiro atoms. The molecule has 1 aromatic carbocycles. The summed E-state index contributed by atoms with van der Waals surface area (Å²) >= 11 is 0. The van der Waals surface area contributed by atoms with Gasteiger partial charge in [0, 0.05) is 5.69 Å². The van der Waals surface area contributed by atoms with E-state index in [4.69, 9.17) is 10.8 Å². The fourth-order valence-electron chi connectivity index (χ4n) is 1.11. The van der Waals surface area contributed by atoms with Gasteiger partial charge in [-0.2, -0.15) is 0 Å². The highest BCUT2D eigenvalue weighted by Gasteiger charge is 2.07. The van der Waals surface area contributed by atoms with Crippen LogP contribution in [0, 0.1) is 0 Å². The van der Waals surface area contributed by atoms with E-state index < -0.39 is 5.97 Å². The average molecular weight is 202 g/mol. The maximum Gasteiger partial charge on any atom is 0.335 e. The standard InChI is InChI=1S/C9H11NO2.ClH/c1-2-6-5-7(10)3-4-8(6)9(11)12;/h3-5H,2,10H2,1H3,(H,11,12);1H. The van der Waals surface area contributed by atoms with Crippen LogP contribution in [0.25, 0.3) is 0 Å². The summed E-state index contributed by atoms with van der Waals surface area (Å²) in [6.07, 6.45) is 0.687. The molecule has 0 atom stereocenters. The van der Waals surface area contributed by atoms with Crippen molar-refractivity contribution < 1.29 is 9.90 Å². The number of aryl methyl sites for hydroxylation is 1. The molecule has 0 aliphatic carbocycles. The first-order valence-corrected chi connectivity index (χ1v) is 3.77. The molecule has 0 aliphatic rings. The number of carboxylic acid groups (broad SMARTS) is 1. The van der Waals surface area contributed by atoms with E-state index in [1.165, 1.54) is 6.07 Å². The third-order valence-electron chi connectivity index (χ3n) is 1.74. The van der Waals surface area contributed by atoms with Crippen molar-refractivity contribution in [1.82, 2.24) is 0 Å². The minimum Gasteiger partial charge on any atom is -0.478 e. The lowest BCUT2D eigenvalue weighted by Gasteiger charge is -2.03. The molecule has 1 rings (SSSR count). The van der Waals surface area contributed by atoms with Gasteiger partial charge in [0.25, 0.3) is 0 Å². The highest BCUT2D eigenvalue weighted by atomic mass is 35.5. The Morgan fingerprint density at radius 3 is 2.62 bits per heavy atom. The third-order valence-corrected chi connectivity index (χ3v) is 1.74. The van der Waals surface area contributed by atoms with Gasteiger partial charge in [0.05, 0.1) is 5.56 Å². The van der Waals surface area contributed by atoms with Crippen LogP contribution in [0.4, 0.5) is 5.69 Å². The molecule has 0 radical (unpaired) electrons. The molecular weight excluding hydrogens is 190 g/mol. The summed E-state index contributed by atoms with van der Waals surface area (Å²) in [5.41, 5.74) is 7.24. The van der Waals surface area contributed by atoms with Crippen LogP contribution >= 0.6 is 12.4 Å². The zero-order valence-electron chi connectivity index (χ0n) is 7.28. The number of carboxylic acids is 1. The van der Waals surface area contributed by atoms with Crippen LogP contribution in [0.15, 0.2) is 18.2 Å². The molecule has 3 N–H and O–H groups in total. The number of rotatable bonds is 2. The van der Waals surface area contributed by atoms with Crippen LogP contribution in [0.1, 0.15) is 22.8 Å². The molecule has 0 fully saturated rings. The molecule has 0 aliphatic heterocycles. The van der Waals surface area contributed by atoms with E-state index in [9.17, 15) is 4.79 Å². The van der Waals surface area contributed by atoms with Crippen molar-refractivity contribution in [1.29, 1.82) is 0 Å². The zero-order chi connectivity index (χ0) is 9.14. The summed E-state index contributed by atoms with van der Waals surface area (Å²) in [6.45, 7) is 1.90. The number of nitrogens with two attached hydrogens (primary N) is 1. The molecule has 0 unspecified atom stereocenters. The van der Waals surface area contributed by atoms with E-state index >= 15 is 0 Å². The van der Waals surface area contributed by atoms with E-state index in [0.29, 0.717) is 17.7 Å². The van der Waals surface area contributed by atoms with Crippen LogP contribution in [-0.4, -0.2) is 11.1 Å². The largest absolute Gasteiger partial charge is 0.478 e.